The van der Waals surface area contributed by atoms with Crippen LogP contribution in [0.4, 0.5) is 8.28 Å². The van der Waals surface area contributed by atoms with Gasteiger partial charge in [0, 0.05) is 0 Å². The SMILES string of the molecule is CC(C)c1ccc(S(=O)(=O)F)cc1F. The molecule has 0 spiro atoms. The van der Waals surface area contributed by atoms with Gasteiger partial charge in [-0.2, -0.15) is 8.42 Å². The highest BCUT2D eigenvalue weighted by atomic mass is 32.3. The van der Waals surface area contributed by atoms with Gasteiger partial charge in [-0.3, -0.25) is 0 Å². The Bertz CT molecular complexity index is 438. The highest BCUT2D eigenvalue weighted by Gasteiger charge is 2.15. The van der Waals surface area contributed by atoms with Crippen LogP contribution in [-0.2, 0) is 10.2 Å². The molecule has 0 aliphatic heterocycles. The normalized spacial score (nSPS) is 12.1. The summed E-state index contributed by atoms with van der Waals surface area (Å²) in [5.74, 6) is -0.759. The zero-order valence-corrected chi connectivity index (χ0v) is 8.61. The Morgan fingerprint density at radius 3 is 2.21 bits per heavy atom. The average molecular weight is 220 g/mol. The second-order valence-corrected chi connectivity index (χ2v) is 4.62. The lowest BCUT2D eigenvalue weighted by atomic mass is 10.0. The van der Waals surface area contributed by atoms with Crippen molar-refractivity contribution in [1.82, 2.24) is 0 Å². The molecule has 0 bridgehead atoms. The summed E-state index contributed by atoms with van der Waals surface area (Å²) in [5.41, 5.74) is 0.373. The molecule has 5 heteroatoms. The molecule has 0 saturated heterocycles. The van der Waals surface area contributed by atoms with Crippen LogP contribution in [0.2, 0.25) is 0 Å². The van der Waals surface area contributed by atoms with Gasteiger partial charge in [0.25, 0.3) is 0 Å². The van der Waals surface area contributed by atoms with Crippen molar-refractivity contribution < 1.29 is 16.7 Å². The van der Waals surface area contributed by atoms with E-state index in [0.29, 0.717) is 11.6 Å². The van der Waals surface area contributed by atoms with Gasteiger partial charge in [-0.25, -0.2) is 4.39 Å². The summed E-state index contributed by atoms with van der Waals surface area (Å²) in [6.45, 7) is 3.53. The number of rotatable bonds is 2. The van der Waals surface area contributed by atoms with Gasteiger partial charge in [-0.15, -0.1) is 3.89 Å². The van der Waals surface area contributed by atoms with Gasteiger partial charge >= 0.3 is 10.2 Å². The first kappa shape index (κ1) is 11.1. The van der Waals surface area contributed by atoms with Gasteiger partial charge < -0.3 is 0 Å². The van der Waals surface area contributed by atoms with Crippen molar-refractivity contribution in [3.8, 4) is 0 Å². The molecule has 0 unspecified atom stereocenters. The molecule has 0 atom stereocenters. The van der Waals surface area contributed by atoms with Gasteiger partial charge in [0.05, 0.1) is 0 Å². The second-order valence-electron chi connectivity index (χ2n) is 3.28. The molecule has 0 fully saturated rings. The van der Waals surface area contributed by atoms with Gasteiger partial charge in [0.15, 0.2) is 0 Å². The predicted molar refractivity (Wildman–Crippen MR) is 48.8 cm³/mol. The van der Waals surface area contributed by atoms with Crippen LogP contribution < -0.4 is 0 Å². The Kier molecular flexibility index (Phi) is 2.89. The van der Waals surface area contributed by atoms with Crippen LogP contribution in [0.1, 0.15) is 25.3 Å². The third kappa shape index (κ3) is 2.29. The van der Waals surface area contributed by atoms with Crippen LogP contribution in [0.5, 0.6) is 0 Å². The van der Waals surface area contributed by atoms with Crippen molar-refractivity contribution in [2.24, 2.45) is 0 Å². The zero-order valence-electron chi connectivity index (χ0n) is 7.79. The molecule has 0 radical (unpaired) electrons. The van der Waals surface area contributed by atoms with Gasteiger partial charge in [-0.1, -0.05) is 19.9 Å². The molecule has 0 saturated carbocycles. The van der Waals surface area contributed by atoms with Crippen molar-refractivity contribution in [3.05, 3.63) is 29.6 Å². The molecule has 78 valence electrons. The highest BCUT2D eigenvalue weighted by Crippen LogP contribution is 2.22. The maximum absolute atomic E-state index is 13.2. The van der Waals surface area contributed by atoms with Crippen LogP contribution in [0.15, 0.2) is 23.1 Å². The zero-order chi connectivity index (χ0) is 10.9. The fraction of sp³-hybridized carbons (Fsp3) is 0.333. The molecule has 1 aromatic rings. The average Bonchev–Trinajstić information content (AvgIpc) is 2.01. The summed E-state index contributed by atoms with van der Waals surface area (Å²) >= 11 is 0. The summed E-state index contributed by atoms with van der Waals surface area (Å²) in [4.78, 5) is -0.639. The molecule has 0 aliphatic rings. The van der Waals surface area contributed by atoms with Crippen molar-refractivity contribution in [2.75, 3.05) is 0 Å². The minimum Gasteiger partial charge on any atom is -0.207 e. The summed E-state index contributed by atoms with van der Waals surface area (Å²) in [7, 11) is -4.81. The lowest BCUT2D eigenvalue weighted by molar-refractivity contribution is 0.547. The Morgan fingerprint density at radius 2 is 1.86 bits per heavy atom. The summed E-state index contributed by atoms with van der Waals surface area (Å²) in [6.07, 6.45) is 0. The molecule has 0 aliphatic carbocycles. The molecule has 0 amide bonds. The van der Waals surface area contributed by atoms with Gasteiger partial charge in [-0.05, 0) is 23.6 Å². The maximum atomic E-state index is 13.2. The maximum Gasteiger partial charge on any atom is 0.332 e. The number of hydrogen-bond donors (Lipinski definition) is 0. The van der Waals surface area contributed by atoms with E-state index in [-0.39, 0.29) is 5.92 Å². The fourth-order valence-electron chi connectivity index (χ4n) is 1.13. The molecule has 0 aromatic heterocycles. The minimum atomic E-state index is -4.81. The van der Waals surface area contributed by atoms with E-state index >= 15 is 0 Å². The predicted octanol–water partition coefficient (Wildman–Crippen LogP) is 2.61. The van der Waals surface area contributed by atoms with Crippen LogP contribution in [0, 0.1) is 5.82 Å². The van der Waals surface area contributed by atoms with E-state index in [0.717, 1.165) is 6.07 Å². The molecule has 0 N–H and O–H groups in total. The van der Waals surface area contributed by atoms with Crippen molar-refractivity contribution >= 4 is 10.2 Å². The van der Waals surface area contributed by atoms with Crippen molar-refractivity contribution in [2.45, 2.75) is 24.7 Å². The van der Waals surface area contributed by atoms with Crippen LogP contribution in [-0.4, -0.2) is 8.42 Å². The Labute approximate surface area is 81.8 Å². The van der Waals surface area contributed by atoms with E-state index in [9.17, 15) is 16.7 Å². The smallest absolute Gasteiger partial charge is 0.207 e. The van der Waals surface area contributed by atoms with Crippen molar-refractivity contribution in [3.63, 3.8) is 0 Å². The molecule has 2 nitrogen and oxygen atoms in total. The summed E-state index contributed by atoms with van der Waals surface area (Å²) in [6, 6.07) is 3.05. The summed E-state index contributed by atoms with van der Waals surface area (Å²) in [5, 5.41) is 0. The van der Waals surface area contributed by atoms with E-state index in [1.807, 2.05) is 0 Å². The molecule has 1 aromatic carbocycles. The van der Waals surface area contributed by atoms with E-state index < -0.39 is 20.9 Å². The van der Waals surface area contributed by atoms with E-state index in [4.69, 9.17) is 0 Å². The number of hydrogen-bond acceptors (Lipinski definition) is 2. The molecular formula is C9H10F2O2S. The fourth-order valence-corrected chi connectivity index (χ4v) is 1.60. The van der Waals surface area contributed by atoms with Crippen molar-refractivity contribution in [1.29, 1.82) is 0 Å². The van der Waals surface area contributed by atoms with Crippen LogP contribution >= 0.6 is 0 Å². The quantitative estimate of drug-likeness (QED) is 0.718. The molecule has 1 rings (SSSR count). The molecular weight excluding hydrogens is 210 g/mol. The standard InChI is InChI=1S/C9H10F2O2S/c1-6(2)8-4-3-7(5-9(8)10)14(11,12)13/h3-6H,1-2H3. The Hall–Kier alpha value is -0.970. The summed E-state index contributed by atoms with van der Waals surface area (Å²) < 4.78 is 46.5. The second kappa shape index (κ2) is 3.65. The van der Waals surface area contributed by atoms with E-state index in [1.54, 1.807) is 13.8 Å². The first-order valence-electron chi connectivity index (χ1n) is 4.06. The third-order valence-electron chi connectivity index (χ3n) is 1.88. The topological polar surface area (TPSA) is 34.1 Å². The molecule has 0 heterocycles. The first-order valence-corrected chi connectivity index (χ1v) is 5.45. The third-order valence-corrected chi connectivity index (χ3v) is 2.69. The van der Waals surface area contributed by atoms with Crippen LogP contribution in [0.25, 0.3) is 0 Å². The van der Waals surface area contributed by atoms with E-state index in [2.05, 4.69) is 0 Å². The monoisotopic (exact) mass is 220 g/mol. The Morgan fingerprint density at radius 1 is 1.29 bits per heavy atom. The lowest BCUT2D eigenvalue weighted by Crippen LogP contribution is -1.97. The Balaban J connectivity index is 3.27. The number of halogens is 2. The first-order chi connectivity index (χ1) is 6.32. The van der Waals surface area contributed by atoms with Crippen LogP contribution in [0.3, 0.4) is 0 Å². The van der Waals surface area contributed by atoms with E-state index in [1.165, 1.54) is 6.07 Å². The number of benzene rings is 1. The largest absolute Gasteiger partial charge is 0.332 e. The van der Waals surface area contributed by atoms with Gasteiger partial charge in [0.2, 0.25) is 0 Å². The highest BCUT2D eigenvalue weighted by molar-refractivity contribution is 7.86. The minimum absolute atomic E-state index is 0.0636. The van der Waals surface area contributed by atoms with Gasteiger partial charge in [0.1, 0.15) is 10.7 Å². The lowest BCUT2D eigenvalue weighted by Gasteiger charge is -2.06. The molecule has 14 heavy (non-hydrogen) atoms.